The van der Waals surface area contributed by atoms with Crippen molar-refractivity contribution in [1.82, 2.24) is 9.62 Å². The second-order valence-electron chi connectivity index (χ2n) is 6.04. The van der Waals surface area contributed by atoms with E-state index in [-0.39, 0.29) is 37.9 Å². The number of benzene rings is 1. The van der Waals surface area contributed by atoms with Crippen LogP contribution in [-0.4, -0.2) is 63.3 Å². The summed E-state index contributed by atoms with van der Waals surface area (Å²) >= 11 is 0. The lowest BCUT2D eigenvalue weighted by Gasteiger charge is -2.17. The lowest BCUT2D eigenvalue weighted by molar-refractivity contribution is -0.141. The van der Waals surface area contributed by atoms with Gasteiger partial charge in [0.15, 0.2) is 0 Å². The van der Waals surface area contributed by atoms with Crippen LogP contribution in [0.3, 0.4) is 0 Å². The molecule has 0 aromatic heterocycles. The van der Waals surface area contributed by atoms with Crippen LogP contribution in [0.25, 0.3) is 0 Å². The lowest BCUT2D eigenvalue weighted by atomic mass is 9.89. The standard InChI is InChI=1S/C16H22N2O6S/c1-24-12-5-3-4-11(8-12)13-9-18(10-14(13)16(20)21)15(19)6-7-17-25(2,22)23/h3-5,8,13-14,17H,6-7,9-10H2,1-2H3,(H,20,21)/t13-,14+/m0/s1. The van der Waals surface area contributed by atoms with Crippen LogP contribution in [0.4, 0.5) is 0 Å². The summed E-state index contributed by atoms with van der Waals surface area (Å²) in [5.41, 5.74) is 0.802. The van der Waals surface area contributed by atoms with Crippen LogP contribution in [0.2, 0.25) is 0 Å². The van der Waals surface area contributed by atoms with Crippen molar-refractivity contribution in [2.45, 2.75) is 12.3 Å². The summed E-state index contributed by atoms with van der Waals surface area (Å²) in [6.07, 6.45) is 1.01. The van der Waals surface area contributed by atoms with Crippen molar-refractivity contribution in [2.75, 3.05) is 33.0 Å². The van der Waals surface area contributed by atoms with Gasteiger partial charge in [0.05, 0.1) is 19.3 Å². The third-order valence-electron chi connectivity index (χ3n) is 4.21. The van der Waals surface area contributed by atoms with E-state index in [0.717, 1.165) is 11.8 Å². The molecule has 0 radical (unpaired) electrons. The first-order chi connectivity index (χ1) is 11.7. The van der Waals surface area contributed by atoms with Crippen molar-refractivity contribution in [3.63, 3.8) is 0 Å². The molecule has 9 heteroatoms. The summed E-state index contributed by atoms with van der Waals surface area (Å²) in [6, 6.07) is 7.16. The quantitative estimate of drug-likeness (QED) is 0.712. The minimum Gasteiger partial charge on any atom is -0.497 e. The number of carbonyl (C=O) groups excluding carboxylic acids is 1. The fraction of sp³-hybridized carbons (Fsp3) is 0.500. The van der Waals surface area contributed by atoms with Gasteiger partial charge in [-0.3, -0.25) is 9.59 Å². The number of ether oxygens (including phenoxy) is 1. The molecular weight excluding hydrogens is 348 g/mol. The number of carboxylic acid groups (broad SMARTS) is 1. The van der Waals surface area contributed by atoms with E-state index in [1.54, 1.807) is 18.2 Å². The smallest absolute Gasteiger partial charge is 0.308 e. The number of rotatable bonds is 7. The van der Waals surface area contributed by atoms with E-state index >= 15 is 0 Å². The molecule has 1 heterocycles. The largest absolute Gasteiger partial charge is 0.497 e. The number of nitrogens with zero attached hydrogens (tertiary/aromatic N) is 1. The van der Waals surface area contributed by atoms with Gasteiger partial charge in [0.1, 0.15) is 5.75 Å². The number of nitrogens with one attached hydrogen (secondary N) is 1. The number of amides is 1. The van der Waals surface area contributed by atoms with Crippen molar-refractivity contribution < 1.29 is 27.9 Å². The first-order valence-corrected chi connectivity index (χ1v) is 9.69. The molecule has 0 spiro atoms. The Morgan fingerprint density at radius 1 is 1.36 bits per heavy atom. The predicted molar refractivity (Wildman–Crippen MR) is 90.9 cm³/mol. The van der Waals surface area contributed by atoms with E-state index < -0.39 is 21.9 Å². The normalized spacial score (nSPS) is 20.5. The molecule has 1 aromatic carbocycles. The van der Waals surface area contributed by atoms with Crippen molar-refractivity contribution in [3.8, 4) is 5.75 Å². The monoisotopic (exact) mass is 370 g/mol. The summed E-state index contributed by atoms with van der Waals surface area (Å²) in [5.74, 6) is -1.65. The van der Waals surface area contributed by atoms with Crippen LogP contribution < -0.4 is 9.46 Å². The first kappa shape index (κ1) is 19.2. The molecule has 0 aliphatic carbocycles. The second-order valence-corrected chi connectivity index (χ2v) is 7.88. The van der Waals surface area contributed by atoms with Gasteiger partial charge in [0.2, 0.25) is 15.9 Å². The predicted octanol–water partition coefficient (Wildman–Crippen LogP) is 0.261. The summed E-state index contributed by atoms with van der Waals surface area (Å²) in [5, 5.41) is 9.49. The Hall–Kier alpha value is -2.13. The number of aliphatic carboxylic acids is 1. The van der Waals surface area contributed by atoms with Gasteiger partial charge < -0.3 is 14.7 Å². The molecule has 2 rings (SSSR count). The minimum absolute atomic E-state index is 0.00423. The summed E-state index contributed by atoms with van der Waals surface area (Å²) < 4.78 is 29.5. The molecule has 8 nitrogen and oxygen atoms in total. The van der Waals surface area contributed by atoms with Crippen LogP contribution in [0.1, 0.15) is 17.9 Å². The number of hydrogen-bond acceptors (Lipinski definition) is 5. The second kappa shape index (κ2) is 7.83. The van der Waals surface area contributed by atoms with E-state index in [0.29, 0.717) is 5.75 Å². The summed E-state index contributed by atoms with van der Waals surface area (Å²) in [7, 11) is -1.82. The Balaban J connectivity index is 2.09. The summed E-state index contributed by atoms with van der Waals surface area (Å²) in [4.78, 5) is 25.3. The number of carbonyl (C=O) groups is 2. The van der Waals surface area contributed by atoms with Crippen LogP contribution in [0, 0.1) is 5.92 Å². The Kier molecular flexibility index (Phi) is 6.02. The Morgan fingerprint density at radius 3 is 2.68 bits per heavy atom. The highest BCUT2D eigenvalue weighted by molar-refractivity contribution is 7.88. The van der Waals surface area contributed by atoms with Crippen LogP contribution in [0.15, 0.2) is 24.3 Å². The highest BCUT2D eigenvalue weighted by Gasteiger charge is 2.40. The summed E-state index contributed by atoms with van der Waals surface area (Å²) in [6.45, 7) is 0.381. The van der Waals surface area contributed by atoms with Crippen molar-refractivity contribution >= 4 is 21.9 Å². The number of likely N-dealkylation sites (tertiary alicyclic amines) is 1. The number of carboxylic acids is 1. The topological polar surface area (TPSA) is 113 Å². The van der Waals surface area contributed by atoms with Gasteiger partial charge in [-0.2, -0.15) is 0 Å². The molecule has 1 fully saturated rings. The van der Waals surface area contributed by atoms with Gasteiger partial charge in [-0.1, -0.05) is 12.1 Å². The van der Waals surface area contributed by atoms with E-state index in [2.05, 4.69) is 4.72 Å². The van der Waals surface area contributed by atoms with Gasteiger partial charge >= 0.3 is 5.97 Å². The van der Waals surface area contributed by atoms with Gasteiger partial charge in [0.25, 0.3) is 0 Å². The van der Waals surface area contributed by atoms with Gasteiger partial charge in [-0.25, -0.2) is 13.1 Å². The van der Waals surface area contributed by atoms with Crippen molar-refractivity contribution in [3.05, 3.63) is 29.8 Å². The maximum atomic E-state index is 12.3. The van der Waals surface area contributed by atoms with E-state index in [1.165, 1.54) is 12.0 Å². The maximum absolute atomic E-state index is 12.3. The highest BCUT2D eigenvalue weighted by atomic mass is 32.2. The zero-order chi connectivity index (χ0) is 18.6. The average Bonchev–Trinajstić information content (AvgIpc) is 2.99. The fourth-order valence-corrected chi connectivity index (χ4v) is 3.44. The molecule has 0 saturated carbocycles. The molecule has 1 aromatic rings. The van der Waals surface area contributed by atoms with Crippen LogP contribution in [-0.2, 0) is 19.6 Å². The molecule has 2 N–H and O–H groups in total. The lowest BCUT2D eigenvalue weighted by Crippen LogP contribution is -2.33. The van der Waals surface area contributed by atoms with E-state index in [4.69, 9.17) is 4.74 Å². The molecule has 25 heavy (non-hydrogen) atoms. The molecule has 1 saturated heterocycles. The van der Waals surface area contributed by atoms with Crippen molar-refractivity contribution in [1.29, 1.82) is 0 Å². The Labute approximate surface area is 146 Å². The molecule has 0 bridgehead atoms. The SMILES string of the molecule is COc1cccc([C@@H]2CN(C(=O)CCNS(C)(=O)=O)C[C@H]2C(=O)O)c1. The molecular formula is C16H22N2O6S. The van der Waals surface area contributed by atoms with Gasteiger partial charge in [-0.15, -0.1) is 0 Å². The average molecular weight is 370 g/mol. The molecule has 2 atom stereocenters. The van der Waals surface area contributed by atoms with E-state index in [9.17, 15) is 23.1 Å². The van der Waals surface area contributed by atoms with Crippen LogP contribution >= 0.6 is 0 Å². The van der Waals surface area contributed by atoms with Crippen molar-refractivity contribution in [2.24, 2.45) is 5.92 Å². The number of methoxy groups -OCH3 is 1. The minimum atomic E-state index is -3.36. The Bertz CT molecular complexity index is 749. The molecule has 1 amide bonds. The molecule has 1 aliphatic rings. The third-order valence-corrected chi connectivity index (χ3v) is 4.94. The van der Waals surface area contributed by atoms with Crippen LogP contribution in [0.5, 0.6) is 5.75 Å². The first-order valence-electron chi connectivity index (χ1n) is 7.80. The highest BCUT2D eigenvalue weighted by Crippen LogP contribution is 2.34. The number of sulfonamides is 1. The maximum Gasteiger partial charge on any atom is 0.308 e. The zero-order valence-electron chi connectivity index (χ0n) is 14.1. The van der Waals surface area contributed by atoms with E-state index in [1.807, 2.05) is 6.07 Å². The molecule has 138 valence electrons. The van der Waals surface area contributed by atoms with Gasteiger partial charge in [0, 0.05) is 32.0 Å². The fourth-order valence-electron chi connectivity index (χ4n) is 2.97. The van der Waals surface area contributed by atoms with Gasteiger partial charge in [-0.05, 0) is 17.7 Å². The molecule has 0 unspecified atom stereocenters. The zero-order valence-corrected chi connectivity index (χ0v) is 15.0. The third kappa shape index (κ3) is 5.17. The number of hydrogen-bond donors (Lipinski definition) is 2. The Morgan fingerprint density at radius 2 is 2.08 bits per heavy atom. The molecule has 1 aliphatic heterocycles.